The molecule has 1 fully saturated rings. The van der Waals surface area contributed by atoms with E-state index in [1.807, 2.05) is 25.1 Å². The normalized spacial score (nSPS) is 16.4. The maximum atomic E-state index is 12.8. The highest BCUT2D eigenvalue weighted by atomic mass is 16.5. The second-order valence-corrected chi connectivity index (χ2v) is 7.42. The number of benzene rings is 1. The topological polar surface area (TPSA) is 126 Å². The number of carbonyl (C=O) groups excluding carboxylic acids is 1. The second-order valence-electron chi connectivity index (χ2n) is 7.42. The van der Waals surface area contributed by atoms with E-state index in [4.69, 9.17) is 4.74 Å². The minimum absolute atomic E-state index is 0.151. The number of carboxylic acid groups (broad SMARTS) is 1. The highest BCUT2D eigenvalue weighted by Gasteiger charge is 2.28. The molecule has 31 heavy (non-hydrogen) atoms. The summed E-state index contributed by atoms with van der Waals surface area (Å²) >= 11 is 0. The second kappa shape index (κ2) is 8.09. The molecule has 11 heteroatoms. The number of nitrogens with one attached hydrogen (secondary N) is 1. The van der Waals surface area contributed by atoms with Crippen LogP contribution < -0.4 is 15.0 Å². The van der Waals surface area contributed by atoms with Gasteiger partial charge in [0.25, 0.3) is 5.91 Å². The molecule has 0 spiro atoms. The standard InChI is InChI=1S/C20H23N7O4/c1-12-10-26(6-7-27(12)20(29)30)18-5-4-17(22-23-18)21-19(28)14-8-13-11-25(2)24-15(13)9-16(14)31-3/h4-5,8-9,11-12H,6-7,10H2,1-3H3,(H,29,30)(H,21,22,28)/t12-/m0/s1. The summed E-state index contributed by atoms with van der Waals surface area (Å²) in [5.41, 5.74) is 1.10. The van der Waals surface area contributed by atoms with E-state index in [-0.39, 0.29) is 11.9 Å². The molecule has 4 rings (SSSR count). The third-order valence-electron chi connectivity index (χ3n) is 5.27. The van der Waals surface area contributed by atoms with Crippen LogP contribution in [0.4, 0.5) is 16.4 Å². The number of methoxy groups -OCH3 is 1. The molecule has 0 unspecified atom stereocenters. The van der Waals surface area contributed by atoms with Gasteiger partial charge in [-0.15, -0.1) is 10.2 Å². The molecular formula is C20H23N7O4. The molecule has 0 aliphatic carbocycles. The largest absolute Gasteiger partial charge is 0.496 e. The molecule has 0 bridgehead atoms. The zero-order valence-corrected chi connectivity index (χ0v) is 17.4. The van der Waals surface area contributed by atoms with Crippen molar-refractivity contribution in [2.24, 2.45) is 7.05 Å². The van der Waals surface area contributed by atoms with Crippen LogP contribution >= 0.6 is 0 Å². The number of fused-ring (bicyclic) bond motifs is 1. The summed E-state index contributed by atoms with van der Waals surface area (Å²) in [5, 5.41) is 25.4. The summed E-state index contributed by atoms with van der Waals surface area (Å²) in [7, 11) is 3.31. The monoisotopic (exact) mass is 425 g/mol. The summed E-state index contributed by atoms with van der Waals surface area (Å²) < 4.78 is 7.03. The van der Waals surface area contributed by atoms with E-state index in [0.29, 0.717) is 42.6 Å². The van der Waals surface area contributed by atoms with E-state index in [1.165, 1.54) is 12.0 Å². The van der Waals surface area contributed by atoms with Crippen molar-refractivity contribution in [2.75, 3.05) is 37.0 Å². The molecule has 2 N–H and O–H groups in total. The quantitative estimate of drug-likeness (QED) is 0.648. The van der Waals surface area contributed by atoms with Crippen LogP contribution in [-0.2, 0) is 7.05 Å². The Balaban J connectivity index is 1.47. The van der Waals surface area contributed by atoms with Gasteiger partial charge in [-0.2, -0.15) is 5.10 Å². The van der Waals surface area contributed by atoms with Gasteiger partial charge in [0, 0.05) is 50.4 Å². The molecule has 1 aliphatic heterocycles. The number of aryl methyl sites for hydroxylation is 1. The Kier molecular flexibility index (Phi) is 5.32. The lowest BCUT2D eigenvalue weighted by Gasteiger charge is -2.38. The van der Waals surface area contributed by atoms with Crippen molar-refractivity contribution in [1.82, 2.24) is 24.9 Å². The first-order valence-corrected chi connectivity index (χ1v) is 9.76. The van der Waals surface area contributed by atoms with E-state index in [1.54, 1.807) is 28.9 Å². The number of anilines is 2. The lowest BCUT2D eigenvalue weighted by Crippen LogP contribution is -2.54. The van der Waals surface area contributed by atoms with Gasteiger partial charge in [-0.1, -0.05) is 0 Å². The SMILES string of the molecule is COc1cc2nn(C)cc2cc1C(=O)Nc1ccc(N2CCN(C(=O)O)[C@@H](C)C2)nn1. The molecule has 162 valence electrons. The fraction of sp³-hybridized carbons (Fsp3) is 0.350. The summed E-state index contributed by atoms with van der Waals surface area (Å²) in [6.07, 6.45) is 0.904. The minimum atomic E-state index is -0.920. The third kappa shape index (κ3) is 4.06. The lowest BCUT2D eigenvalue weighted by atomic mass is 10.1. The number of amides is 2. The Morgan fingerprint density at radius 2 is 2.03 bits per heavy atom. The lowest BCUT2D eigenvalue weighted by molar-refractivity contribution is 0.102. The van der Waals surface area contributed by atoms with Crippen molar-refractivity contribution in [3.8, 4) is 5.75 Å². The maximum absolute atomic E-state index is 12.8. The van der Waals surface area contributed by atoms with Crippen LogP contribution in [-0.4, -0.2) is 74.8 Å². The number of ether oxygens (including phenoxy) is 1. The first kappa shape index (κ1) is 20.4. The highest BCUT2D eigenvalue weighted by Crippen LogP contribution is 2.26. The van der Waals surface area contributed by atoms with Crippen LogP contribution in [0.15, 0.2) is 30.5 Å². The molecule has 0 radical (unpaired) electrons. The van der Waals surface area contributed by atoms with Crippen LogP contribution in [0.3, 0.4) is 0 Å². The number of carbonyl (C=O) groups is 2. The van der Waals surface area contributed by atoms with Crippen molar-refractivity contribution in [1.29, 1.82) is 0 Å². The first-order chi connectivity index (χ1) is 14.9. The molecule has 3 heterocycles. The minimum Gasteiger partial charge on any atom is -0.496 e. The summed E-state index contributed by atoms with van der Waals surface area (Å²) in [6.45, 7) is 3.30. The van der Waals surface area contributed by atoms with E-state index in [2.05, 4.69) is 20.6 Å². The smallest absolute Gasteiger partial charge is 0.407 e. The summed E-state index contributed by atoms with van der Waals surface area (Å²) in [5.74, 6) is 0.982. The van der Waals surface area contributed by atoms with E-state index < -0.39 is 6.09 Å². The fourth-order valence-electron chi connectivity index (χ4n) is 3.72. The van der Waals surface area contributed by atoms with Gasteiger partial charge < -0.3 is 25.0 Å². The van der Waals surface area contributed by atoms with Gasteiger partial charge in [-0.05, 0) is 25.1 Å². The van der Waals surface area contributed by atoms with Gasteiger partial charge in [-0.25, -0.2) is 4.79 Å². The maximum Gasteiger partial charge on any atom is 0.407 e. The van der Waals surface area contributed by atoms with E-state index in [9.17, 15) is 14.7 Å². The van der Waals surface area contributed by atoms with Crippen molar-refractivity contribution < 1.29 is 19.4 Å². The molecule has 2 amide bonds. The Hall–Kier alpha value is -3.89. The molecule has 0 saturated carbocycles. The predicted octanol–water partition coefficient (Wildman–Crippen LogP) is 1.81. The summed E-state index contributed by atoms with van der Waals surface area (Å²) in [4.78, 5) is 27.4. The van der Waals surface area contributed by atoms with Gasteiger partial charge in [0.05, 0.1) is 18.2 Å². The van der Waals surface area contributed by atoms with Crippen molar-refractivity contribution >= 4 is 34.5 Å². The van der Waals surface area contributed by atoms with Gasteiger partial charge >= 0.3 is 6.09 Å². The van der Waals surface area contributed by atoms with Crippen LogP contribution in [0.25, 0.3) is 10.9 Å². The van der Waals surface area contributed by atoms with Gasteiger partial charge in [-0.3, -0.25) is 9.48 Å². The zero-order chi connectivity index (χ0) is 22.1. The van der Waals surface area contributed by atoms with Crippen molar-refractivity contribution in [3.05, 3.63) is 36.0 Å². The van der Waals surface area contributed by atoms with Crippen LogP contribution in [0.2, 0.25) is 0 Å². The first-order valence-electron chi connectivity index (χ1n) is 9.76. The molecule has 11 nitrogen and oxygen atoms in total. The van der Waals surface area contributed by atoms with Crippen LogP contribution in [0.5, 0.6) is 5.75 Å². The zero-order valence-electron chi connectivity index (χ0n) is 17.4. The number of hydrogen-bond donors (Lipinski definition) is 2. The number of aromatic nitrogens is 4. The summed E-state index contributed by atoms with van der Waals surface area (Å²) in [6, 6.07) is 6.72. The number of hydrogen-bond acceptors (Lipinski definition) is 7. The van der Waals surface area contributed by atoms with Gasteiger partial charge in [0.2, 0.25) is 0 Å². The van der Waals surface area contributed by atoms with Crippen LogP contribution in [0, 0.1) is 0 Å². The Labute approximate surface area is 178 Å². The third-order valence-corrected chi connectivity index (χ3v) is 5.27. The molecule has 2 aromatic heterocycles. The van der Waals surface area contributed by atoms with E-state index >= 15 is 0 Å². The van der Waals surface area contributed by atoms with Crippen molar-refractivity contribution in [3.63, 3.8) is 0 Å². The van der Waals surface area contributed by atoms with Crippen LogP contribution in [0.1, 0.15) is 17.3 Å². The Morgan fingerprint density at radius 1 is 1.23 bits per heavy atom. The molecular weight excluding hydrogens is 402 g/mol. The van der Waals surface area contributed by atoms with Gasteiger partial charge in [0.15, 0.2) is 11.6 Å². The predicted molar refractivity (Wildman–Crippen MR) is 114 cm³/mol. The fourth-order valence-corrected chi connectivity index (χ4v) is 3.72. The highest BCUT2D eigenvalue weighted by molar-refractivity contribution is 6.08. The average molecular weight is 425 g/mol. The molecule has 1 atom stereocenters. The number of nitrogens with zero attached hydrogens (tertiary/aromatic N) is 6. The molecule has 3 aromatic rings. The van der Waals surface area contributed by atoms with E-state index in [0.717, 1.165) is 10.9 Å². The average Bonchev–Trinajstić information content (AvgIpc) is 3.11. The number of piperazine rings is 1. The number of rotatable bonds is 4. The Morgan fingerprint density at radius 3 is 2.68 bits per heavy atom. The molecule has 1 aromatic carbocycles. The Bertz CT molecular complexity index is 1130. The molecule has 1 saturated heterocycles. The molecule has 1 aliphatic rings. The van der Waals surface area contributed by atoms with Crippen molar-refractivity contribution in [2.45, 2.75) is 13.0 Å². The van der Waals surface area contributed by atoms with Gasteiger partial charge in [0.1, 0.15) is 5.75 Å².